The molecule has 2 bridgehead atoms. The summed E-state index contributed by atoms with van der Waals surface area (Å²) in [5, 5.41) is 38.0. The topological polar surface area (TPSA) is 175 Å². The zero-order valence-corrected chi connectivity index (χ0v) is 41.9. The molecule has 3 aliphatic carbocycles. The number of esters is 2. The number of aliphatic hydroxyl groups excluding tert-OH is 1. The second-order valence-corrected chi connectivity index (χ2v) is 16.2. The molecule has 4 aliphatic rings. The molecule has 1 aliphatic heterocycles. The standard InChI is InChI=1S/C41H50O12.2Ac/c1-22(2)23(3)35(44)51-27-19-41(48)34(53-36(45)26-16-12-9-13-17-26)32-39(7,33(43)31(42)30(24(27)4)38(41,5)6)28(18-29-40(32,47)21-50-29)52-37(46)49-20-25-14-10-8-11-15-25;;/h8-17,22-23,27-29,31-32,34,42,47-48H,18-21H2,1-7H3;;/t23-,27?,28?,29?,31?,32?,34?,39-,40?,41?;;/m1../s1. The number of hydrogen-bond donors (Lipinski definition) is 3. The largest absolute Gasteiger partial charge is 0.508 e. The van der Waals surface area contributed by atoms with Crippen LogP contribution in [0.3, 0.4) is 0 Å². The minimum atomic E-state index is -2.18. The van der Waals surface area contributed by atoms with Crippen LogP contribution in [0.25, 0.3) is 0 Å². The van der Waals surface area contributed by atoms with Crippen LogP contribution in [0.15, 0.2) is 71.8 Å². The average Bonchev–Trinajstić information content (AvgIpc) is 3.12. The Morgan fingerprint density at radius 1 is 0.909 bits per heavy atom. The van der Waals surface area contributed by atoms with E-state index in [-0.39, 0.29) is 131 Å². The fourth-order valence-corrected chi connectivity index (χ4v) is 8.91. The number of fused-ring (bicyclic) bond motifs is 5. The molecule has 14 heteroatoms. The molecule has 0 spiro atoms. The van der Waals surface area contributed by atoms with E-state index in [1.807, 2.05) is 19.9 Å². The second-order valence-electron chi connectivity index (χ2n) is 16.2. The van der Waals surface area contributed by atoms with Gasteiger partial charge in [0.2, 0.25) is 0 Å². The molecule has 55 heavy (non-hydrogen) atoms. The summed E-state index contributed by atoms with van der Waals surface area (Å²) in [6.07, 6.45) is -8.68. The first-order valence-corrected chi connectivity index (χ1v) is 18.2. The normalized spacial score (nSPS) is 33.8. The Bertz CT molecular complexity index is 1780. The van der Waals surface area contributed by atoms with Gasteiger partial charge in [0.25, 0.3) is 0 Å². The molecule has 2 radical (unpaired) electrons. The fourth-order valence-electron chi connectivity index (χ4n) is 8.91. The van der Waals surface area contributed by atoms with E-state index < -0.39 is 88.3 Å². The SMILES string of the molecule is CC1=C2C(O)C(=O)[C@]3(C)C(OC(=O)OCc4ccccc4)CC4OCC4(O)C3C(OC(=O)c3ccccc3)C(O)(CC1OC(=O)[C@H](C)C(C)C)C2(C)C.[Ac].[Ac]. The van der Waals surface area contributed by atoms with E-state index >= 15 is 4.79 Å². The van der Waals surface area contributed by atoms with Gasteiger partial charge in [-0.25, -0.2) is 9.59 Å². The van der Waals surface area contributed by atoms with Crippen LogP contribution in [-0.2, 0) is 39.9 Å². The summed E-state index contributed by atoms with van der Waals surface area (Å²) in [7, 11) is 0. The van der Waals surface area contributed by atoms with Crippen molar-refractivity contribution in [2.45, 2.75) is 110 Å². The van der Waals surface area contributed by atoms with Crippen molar-refractivity contribution in [3.63, 3.8) is 0 Å². The van der Waals surface area contributed by atoms with Gasteiger partial charge in [-0.2, -0.15) is 0 Å². The number of aliphatic hydroxyl groups is 3. The molecular weight excluding hydrogens is 1140 g/mol. The van der Waals surface area contributed by atoms with Crippen LogP contribution in [0.5, 0.6) is 0 Å². The van der Waals surface area contributed by atoms with Gasteiger partial charge in [-0.05, 0) is 48.6 Å². The molecule has 1 heterocycles. The first kappa shape index (κ1) is 46.5. The summed E-state index contributed by atoms with van der Waals surface area (Å²) in [6, 6.07) is 17.0. The molecule has 10 atom stereocenters. The van der Waals surface area contributed by atoms with Crippen LogP contribution in [0.1, 0.15) is 77.2 Å². The van der Waals surface area contributed by atoms with E-state index in [2.05, 4.69) is 0 Å². The first-order valence-electron chi connectivity index (χ1n) is 18.2. The Kier molecular flexibility index (Phi) is 14.8. The number of carbonyl (C=O) groups excluding carboxylic acids is 4. The van der Waals surface area contributed by atoms with Gasteiger partial charge < -0.3 is 39.0 Å². The summed E-state index contributed by atoms with van der Waals surface area (Å²) in [4.78, 5) is 55.9. The zero-order chi connectivity index (χ0) is 38.7. The van der Waals surface area contributed by atoms with Gasteiger partial charge in [0.15, 0.2) is 5.78 Å². The monoisotopic (exact) mass is 1190 g/mol. The van der Waals surface area contributed by atoms with Crippen molar-refractivity contribution in [3.8, 4) is 0 Å². The van der Waals surface area contributed by atoms with Gasteiger partial charge in [0.05, 0.1) is 29.6 Å². The van der Waals surface area contributed by atoms with Gasteiger partial charge >= 0.3 is 18.1 Å². The quantitative estimate of drug-likeness (QED) is 0.189. The molecular formula is C41H50Ac2O12. The fraction of sp³-hybridized carbons (Fsp3) is 0.561. The maximum Gasteiger partial charge on any atom is 0.508 e. The van der Waals surface area contributed by atoms with Crippen molar-refractivity contribution in [2.75, 3.05) is 6.61 Å². The first-order chi connectivity index (χ1) is 24.9. The number of benzene rings is 2. The van der Waals surface area contributed by atoms with Crippen molar-refractivity contribution in [1.82, 2.24) is 0 Å². The van der Waals surface area contributed by atoms with Gasteiger partial charge in [-0.1, -0.05) is 83.1 Å². The third-order valence-electron chi connectivity index (χ3n) is 12.7. The van der Waals surface area contributed by atoms with Crippen molar-refractivity contribution < 1.29 is 146 Å². The van der Waals surface area contributed by atoms with Crippen LogP contribution in [0.4, 0.5) is 4.79 Å². The van der Waals surface area contributed by atoms with E-state index in [0.717, 1.165) is 0 Å². The van der Waals surface area contributed by atoms with E-state index in [0.29, 0.717) is 11.1 Å². The van der Waals surface area contributed by atoms with Crippen LogP contribution >= 0.6 is 0 Å². The van der Waals surface area contributed by atoms with Gasteiger partial charge in [0, 0.05) is 112 Å². The summed E-state index contributed by atoms with van der Waals surface area (Å²) >= 11 is 0. The van der Waals surface area contributed by atoms with E-state index in [9.17, 15) is 29.7 Å². The molecule has 2 aromatic carbocycles. The molecule has 8 unspecified atom stereocenters. The maximum atomic E-state index is 15.1. The van der Waals surface area contributed by atoms with Gasteiger partial charge in [-0.15, -0.1) is 0 Å². The number of rotatable bonds is 8. The number of carbonyl (C=O) groups is 4. The predicted molar refractivity (Wildman–Crippen MR) is 189 cm³/mol. The van der Waals surface area contributed by atoms with Crippen LogP contribution in [0.2, 0.25) is 0 Å². The molecule has 3 N–H and O–H groups in total. The van der Waals surface area contributed by atoms with Crippen LogP contribution in [0, 0.1) is 117 Å². The minimum Gasteiger partial charge on any atom is -0.458 e. The Morgan fingerprint density at radius 2 is 1.51 bits per heavy atom. The summed E-state index contributed by atoms with van der Waals surface area (Å²) in [5.74, 6) is -4.32. The molecule has 1 saturated heterocycles. The molecule has 6 rings (SSSR count). The molecule has 2 saturated carbocycles. The maximum absolute atomic E-state index is 15.1. The molecule has 2 aromatic rings. The summed E-state index contributed by atoms with van der Waals surface area (Å²) < 4.78 is 29.5. The Morgan fingerprint density at radius 3 is 2.07 bits per heavy atom. The number of hydrogen-bond acceptors (Lipinski definition) is 12. The van der Waals surface area contributed by atoms with Crippen molar-refractivity contribution in [3.05, 3.63) is 82.9 Å². The second kappa shape index (κ2) is 17.6. The summed E-state index contributed by atoms with van der Waals surface area (Å²) in [6.45, 7) is 11.4. The average molecular weight is 1190 g/mol. The molecule has 0 aromatic heterocycles. The zero-order valence-electron chi connectivity index (χ0n) is 32.4. The number of ether oxygens (including phenoxy) is 5. The Hall–Kier alpha value is -1.22. The van der Waals surface area contributed by atoms with E-state index in [1.54, 1.807) is 70.2 Å². The molecule has 3 fully saturated rings. The Balaban J connectivity index is 0.00000336. The predicted octanol–water partition coefficient (Wildman–Crippen LogP) is 4.72. The van der Waals surface area contributed by atoms with Gasteiger partial charge in [0.1, 0.15) is 42.2 Å². The molecule has 292 valence electrons. The number of ketones is 1. The molecule has 12 nitrogen and oxygen atoms in total. The van der Waals surface area contributed by atoms with Crippen molar-refractivity contribution in [1.29, 1.82) is 0 Å². The third kappa shape index (κ3) is 8.08. The van der Waals surface area contributed by atoms with Crippen molar-refractivity contribution in [2.24, 2.45) is 28.6 Å². The minimum absolute atomic E-state index is 0. The smallest absolute Gasteiger partial charge is 0.458 e. The van der Waals surface area contributed by atoms with Crippen LogP contribution < -0.4 is 0 Å². The Labute approximate surface area is 393 Å². The molecule has 0 amide bonds. The summed E-state index contributed by atoms with van der Waals surface area (Å²) in [5.41, 5.74) is -6.28. The van der Waals surface area contributed by atoms with Gasteiger partial charge in [-0.3, -0.25) is 9.59 Å². The number of Topliss-reactive ketones (excluding diaryl/α,β-unsaturated/α-hetero) is 1. The van der Waals surface area contributed by atoms with E-state index in [1.165, 1.54) is 19.1 Å². The van der Waals surface area contributed by atoms with E-state index in [4.69, 9.17) is 23.7 Å². The third-order valence-corrected chi connectivity index (χ3v) is 12.7. The van der Waals surface area contributed by atoms with Crippen molar-refractivity contribution >= 4 is 23.9 Å². The van der Waals surface area contributed by atoms with Crippen LogP contribution in [-0.4, -0.2) is 87.5 Å².